The number of benzene rings is 3. The molecule has 26 heavy (non-hydrogen) atoms. The third-order valence-corrected chi connectivity index (χ3v) is 4.95. The van der Waals surface area contributed by atoms with Gasteiger partial charge in [-0.2, -0.15) is 0 Å². The Labute approximate surface area is 161 Å². The lowest BCUT2D eigenvalue weighted by Gasteiger charge is -2.14. The lowest BCUT2D eigenvalue weighted by Crippen LogP contribution is -2.08. The summed E-state index contributed by atoms with van der Waals surface area (Å²) in [5, 5.41) is 0. The summed E-state index contributed by atoms with van der Waals surface area (Å²) < 4.78 is 11.3. The first kappa shape index (κ1) is 18.2. The smallest absolute Gasteiger partial charge is 0.181 e. The molecule has 0 spiro atoms. The van der Waals surface area contributed by atoms with Crippen LogP contribution in [0.3, 0.4) is 0 Å². The van der Waals surface area contributed by atoms with Crippen LogP contribution in [0.25, 0.3) is 0 Å². The number of hydrogen-bond donors (Lipinski definition) is 0. The van der Waals surface area contributed by atoms with Crippen LogP contribution in [0, 0.1) is 0 Å². The van der Waals surface area contributed by atoms with Gasteiger partial charge in [0.25, 0.3) is 0 Å². The zero-order chi connectivity index (χ0) is 18.4. The fourth-order valence-corrected chi connectivity index (χ4v) is 3.16. The standard InChI is InChI=1S/C22H19BrO3/c1-25-20-14-18(22(24)21(23)17-10-6-3-7-11-17)12-13-19(20)26-15-16-8-4-2-5-9-16/h2-14,21H,15H2,1H3. The van der Waals surface area contributed by atoms with Crippen LogP contribution in [0.1, 0.15) is 26.3 Å². The topological polar surface area (TPSA) is 35.5 Å². The zero-order valence-corrected chi connectivity index (χ0v) is 16.0. The summed E-state index contributed by atoms with van der Waals surface area (Å²) in [6.45, 7) is 0.440. The van der Waals surface area contributed by atoms with Gasteiger partial charge in [0.2, 0.25) is 0 Å². The van der Waals surface area contributed by atoms with Crippen molar-refractivity contribution in [3.05, 3.63) is 95.6 Å². The molecule has 0 heterocycles. The Bertz CT molecular complexity index is 863. The number of carbonyl (C=O) groups excluding carboxylic acids is 1. The molecule has 1 unspecified atom stereocenters. The molecule has 132 valence electrons. The van der Waals surface area contributed by atoms with E-state index in [4.69, 9.17) is 9.47 Å². The predicted octanol–water partition coefficient (Wildman–Crippen LogP) is 5.59. The molecule has 0 radical (unpaired) electrons. The van der Waals surface area contributed by atoms with Crippen LogP contribution in [-0.2, 0) is 6.61 Å². The first-order valence-electron chi connectivity index (χ1n) is 8.27. The summed E-state index contributed by atoms with van der Waals surface area (Å²) in [5.74, 6) is 1.13. The normalized spacial score (nSPS) is 11.6. The summed E-state index contributed by atoms with van der Waals surface area (Å²) in [7, 11) is 1.57. The molecule has 3 aromatic carbocycles. The minimum absolute atomic E-state index is 0.0240. The predicted molar refractivity (Wildman–Crippen MR) is 106 cm³/mol. The molecule has 0 aliphatic heterocycles. The Morgan fingerprint density at radius 3 is 2.23 bits per heavy atom. The van der Waals surface area contributed by atoms with Crippen molar-refractivity contribution in [2.45, 2.75) is 11.4 Å². The Balaban J connectivity index is 1.76. The molecular formula is C22H19BrO3. The van der Waals surface area contributed by atoms with E-state index >= 15 is 0 Å². The molecule has 0 amide bonds. The monoisotopic (exact) mass is 410 g/mol. The van der Waals surface area contributed by atoms with Gasteiger partial charge in [-0.25, -0.2) is 0 Å². The minimum Gasteiger partial charge on any atom is -0.493 e. The molecule has 4 heteroatoms. The Hall–Kier alpha value is -2.59. The second kappa shape index (κ2) is 8.68. The lowest BCUT2D eigenvalue weighted by atomic mass is 10.0. The molecule has 0 saturated heterocycles. The number of methoxy groups -OCH3 is 1. The van der Waals surface area contributed by atoms with Crippen LogP contribution in [0.2, 0.25) is 0 Å². The van der Waals surface area contributed by atoms with Gasteiger partial charge in [0.15, 0.2) is 17.3 Å². The summed E-state index contributed by atoms with van der Waals surface area (Å²) >= 11 is 3.49. The number of ketones is 1. The fourth-order valence-electron chi connectivity index (χ4n) is 2.60. The van der Waals surface area contributed by atoms with E-state index in [1.807, 2.05) is 60.7 Å². The largest absolute Gasteiger partial charge is 0.493 e. The van der Waals surface area contributed by atoms with Gasteiger partial charge in [0.1, 0.15) is 11.4 Å². The van der Waals surface area contributed by atoms with Crippen LogP contribution in [0.4, 0.5) is 0 Å². The number of rotatable bonds is 7. The Morgan fingerprint density at radius 1 is 0.923 bits per heavy atom. The fraction of sp³-hybridized carbons (Fsp3) is 0.136. The van der Waals surface area contributed by atoms with Gasteiger partial charge in [-0.05, 0) is 29.3 Å². The van der Waals surface area contributed by atoms with E-state index < -0.39 is 4.83 Å². The van der Waals surface area contributed by atoms with E-state index in [0.717, 1.165) is 11.1 Å². The molecule has 3 aromatic rings. The maximum atomic E-state index is 12.8. The van der Waals surface area contributed by atoms with Crippen LogP contribution in [-0.4, -0.2) is 12.9 Å². The molecular weight excluding hydrogens is 392 g/mol. The van der Waals surface area contributed by atoms with Crippen molar-refractivity contribution in [2.75, 3.05) is 7.11 Å². The maximum Gasteiger partial charge on any atom is 0.181 e. The molecule has 3 rings (SSSR count). The number of alkyl halides is 1. The van der Waals surface area contributed by atoms with E-state index in [9.17, 15) is 4.79 Å². The van der Waals surface area contributed by atoms with Crippen molar-refractivity contribution >= 4 is 21.7 Å². The average molecular weight is 411 g/mol. The Morgan fingerprint density at radius 2 is 1.58 bits per heavy atom. The van der Waals surface area contributed by atoms with Gasteiger partial charge in [0.05, 0.1) is 7.11 Å². The van der Waals surface area contributed by atoms with Crippen molar-refractivity contribution < 1.29 is 14.3 Å². The van der Waals surface area contributed by atoms with Crippen molar-refractivity contribution in [2.24, 2.45) is 0 Å². The van der Waals surface area contributed by atoms with Crippen molar-refractivity contribution in [1.29, 1.82) is 0 Å². The molecule has 1 atom stereocenters. The van der Waals surface area contributed by atoms with Crippen LogP contribution in [0.15, 0.2) is 78.9 Å². The third-order valence-electron chi connectivity index (χ3n) is 4.01. The van der Waals surface area contributed by atoms with Crippen molar-refractivity contribution in [1.82, 2.24) is 0 Å². The van der Waals surface area contributed by atoms with Gasteiger partial charge >= 0.3 is 0 Å². The zero-order valence-electron chi connectivity index (χ0n) is 14.4. The number of halogens is 1. The molecule has 0 aliphatic rings. The number of carbonyl (C=O) groups is 1. The van der Waals surface area contributed by atoms with E-state index in [1.54, 1.807) is 25.3 Å². The van der Waals surface area contributed by atoms with Crippen molar-refractivity contribution in [3.8, 4) is 11.5 Å². The van der Waals surface area contributed by atoms with E-state index in [1.165, 1.54) is 0 Å². The van der Waals surface area contributed by atoms with Crippen LogP contribution >= 0.6 is 15.9 Å². The van der Waals surface area contributed by atoms with Crippen molar-refractivity contribution in [3.63, 3.8) is 0 Å². The van der Waals surface area contributed by atoms with Gasteiger partial charge in [-0.3, -0.25) is 4.79 Å². The highest BCUT2D eigenvalue weighted by Crippen LogP contribution is 2.33. The molecule has 0 aliphatic carbocycles. The van der Waals surface area contributed by atoms with Gasteiger partial charge in [-0.15, -0.1) is 0 Å². The highest BCUT2D eigenvalue weighted by Gasteiger charge is 2.20. The van der Waals surface area contributed by atoms with E-state index in [0.29, 0.717) is 23.7 Å². The van der Waals surface area contributed by atoms with Gasteiger partial charge in [0, 0.05) is 5.56 Å². The van der Waals surface area contributed by atoms with E-state index in [-0.39, 0.29) is 5.78 Å². The average Bonchev–Trinajstić information content (AvgIpc) is 2.72. The highest BCUT2D eigenvalue weighted by molar-refractivity contribution is 9.09. The summed E-state index contributed by atoms with van der Waals surface area (Å²) in [4.78, 5) is 12.4. The molecule has 0 aromatic heterocycles. The number of ether oxygens (including phenoxy) is 2. The second-order valence-electron chi connectivity index (χ2n) is 5.78. The molecule has 0 fully saturated rings. The quantitative estimate of drug-likeness (QED) is 0.376. The molecule has 0 saturated carbocycles. The maximum absolute atomic E-state index is 12.8. The first-order valence-corrected chi connectivity index (χ1v) is 9.18. The summed E-state index contributed by atoms with van der Waals surface area (Å²) in [6.07, 6.45) is 0. The van der Waals surface area contributed by atoms with Gasteiger partial charge in [-0.1, -0.05) is 76.6 Å². The summed E-state index contributed by atoms with van der Waals surface area (Å²) in [5.41, 5.74) is 2.56. The van der Waals surface area contributed by atoms with E-state index in [2.05, 4.69) is 15.9 Å². The number of hydrogen-bond acceptors (Lipinski definition) is 3. The van der Waals surface area contributed by atoms with Crippen LogP contribution in [0.5, 0.6) is 11.5 Å². The van der Waals surface area contributed by atoms with Crippen LogP contribution < -0.4 is 9.47 Å². The first-order chi connectivity index (χ1) is 12.7. The molecule has 0 bridgehead atoms. The second-order valence-corrected chi connectivity index (χ2v) is 6.69. The Kier molecular flexibility index (Phi) is 6.08. The lowest BCUT2D eigenvalue weighted by molar-refractivity contribution is 0.0991. The molecule has 0 N–H and O–H groups in total. The number of Topliss-reactive ketones (excluding diaryl/α,β-unsaturated/α-hetero) is 1. The highest BCUT2D eigenvalue weighted by atomic mass is 79.9. The molecule has 3 nitrogen and oxygen atoms in total. The SMILES string of the molecule is COc1cc(C(=O)C(Br)c2ccccc2)ccc1OCc1ccccc1. The third kappa shape index (κ3) is 4.33. The summed E-state index contributed by atoms with van der Waals surface area (Å²) in [6, 6.07) is 24.8. The van der Waals surface area contributed by atoms with Gasteiger partial charge < -0.3 is 9.47 Å². The minimum atomic E-state index is -0.399.